The van der Waals surface area contributed by atoms with Gasteiger partial charge in [0.25, 0.3) is 6.71 Å². The van der Waals surface area contributed by atoms with Crippen LogP contribution in [0.25, 0.3) is 83.1 Å². The number of aromatic nitrogens is 1. The van der Waals surface area contributed by atoms with Gasteiger partial charge in [0, 0.05) is 44.6 Å². The lowest BCUT2D eigenvalue weighted by molar-refractivity contribution is 0.590. The lowest BCUT2D eigenvalue weighted by atomic mass is 9.33. The Morgan fingerprint density at radius 3 is 1.01 bits per heavy atom. The average Bonchev–Trinajstić information content (AvgIpc) is 0.865. The molecular weight excluding hydrogens is 1500 g/mol. The van der Waals surface area contributed by atoms with Crippen LogP contribution in [0, 0.1) is 0 Å². The van der Waals surface area contributed by atoms with Crippen molar-refractivity contribution in [2.75, 3.05) is 9.80 Å². The van der Waals surface area contributed by atoms with Crippen molar-refractivity contribution in [3.63, 3.8) is 0 Å². The van der Waals surface area contributed by atoms with Crippen LogP contribution in [0.2, 0.25) is 0 Å². The van der Waals surface area contributed by atoms with Gasteiger partial charge in [0.05, 0.1) is 28.1 Å². The summed E-state index contributed by atoms with van der Waals surface area (Å²) in [6, 6.07) is 173. The number of rotatable bonds is 16. The first kappa shape index (κ1) is 75.3. The van der Waals surface area contributed by atoms with Crippen molar-refractivity contribution in [3.8, 4) is 61.3 Å². The second-order valence-corrected chi connectivity index (χ2v) is 42.7. The smallest absolute Gasteiger partial charge is 0.252 e. The van der Waals surface area contributed by atoms with E-state index in [0.29, 0.717) is 0 Å². The highest BCUT2D eigenvalue weighted by Gasteiger charge is 2.49. The zero-order chi connectivity index (χ0) is 82.3. The largest absolute Gasteiger partial charge is 0.311 e. The molecular formula is C116H92BN3Si2. The van der Waals surface area contributed by atoms with Crippen molar-refractivity contribution in [1.82, 2.24) is 4.57 Å². The van der Waals surface area contributed by atoms with Crippen molar-refractivity contribution in [2.24, 2.45) is 0 Å². The van der Waals surface area contributed by atoms with Crippen LogP contribution in [0.1, 0.15) is 52.7 Å². The molecule has 2 aliphatic heterocycles. The summed E-state index contributed by atoms with van der Waals surface area (Å²) in [6.45, 7) is 13.9. The summed E-state index contributed by atoms with van der Waals surface area (Å²) >= 11 is 0. The van der Waals surface area contributed by atoms with E-state index >= 15 is 0 Å². The van der Waals surface area contributed by atoms with Crippen LogP contribution in [0.15, 0.2) is 449 Å². The van der Waals surface area contributed by atoms with Gasteiger partial charge in [-0.1, -0.05) is 436 Å². The molecule has 0 unspecified atom stereocenters. The molecule has 6 heteroatoms. The van der Waals surface area contributed by atoms with Crippen LogP contribution >= 0.6 is 0 Å². The Morgan fingerprint density at radius 1 is 0.213 bits per heavy atom. The van der Waals surface area contributed by atoms with E-state index in [2.05, 4.69) is 505 Å². The van der Waals surface area contributed by atoms with Gasteiger partial charge in [-0.05, 0) is 179 Å². The van der Waals surface area contributed by atoms with Crippen LogP contribution in [-0.2, 0) is 10.8 Å². The van der Waals surface area contributed by atoms with Crippen LogP contribution in [0.3, 0.4) is 0 Å². The Morgan fingerprint density at radius 2 is 0.549 bits per heavy atom. The number of hydrogen-bond acceptors (Lipinski definition) is 2. The number of anilines is 6. The van der Waals surface area contributed by atoms with Crippen LogP contribution in [0.5, 0.6) is 0 Å². The van der Waals surface area contributed by atoms with Crippen molar-refractivity contribution in [1.29, 1.82) is 0 Å². The predicted molar refractivity (Wildman–Crippen MR) is 527 cm³/mol. The summed E-state index contributed by atoms with van der Waals surface area (Å²) in [5.74, 6) is 0. The van der Waals surface area contributed by atoms with Gasteiger partial charge < -0.3 is 14.4 Å². The highest BCUT2D eigenvalue weighted by molar-refractivity contribution is 7.22. The van der Waals surface area contributed by atoms with Crippen molar-refractivity contribution < 1.29 is 0 Å². The van der Waals surface area contributed by atoms with Gasteiger partial charge in [0.2, 0.25) is 0 Å². The molecule has 2 aliphatic rings. The molecule has 0 atom stereocenters. The maximum atomic E-state index is 2.72. The Kier molecular flexibility index (Phi) is 18.9. The van der Waals surface area contributed by atoms with E-state index in [1.807, 2.05) is 0 Å². The molecule has 3 nitrogen and oxygen atoms in total. The van der Waals surface area contributed by atoms with Gasteiger partial charge >= 0.3 is 0 Å². The number of nitrogens with zero attached hydrogens (tertiary/aromatic N) is 3. The zero-order valence-electron chi connectivity index (χ0n) is 69.6. The first-order valence-corrected chi connectivity index (χ1v) is 46.9. The van der Waals surface area contributed by atoms with Gasteiger partial charge in [-0.15, -0.1) is 0 Å². The molecule has 0 amide bonds. The van der Waals surface area contributed by atoms with Crippen molar-refractivity contribution in [2.45, 2.75) is 52.4 Å². The van der Waals surface area contributed by atoms with Gasteiger partial charge in [-0.3, -0.25) is 0 Å². The lowest BCUT2D eigenvalue weighted by Crippen LogP contribution is -2.78. The van der Waals surface area contributed by atoms with E-state index in [9.17, 15) is 0 Å². The number of hydrogen-bond donors (Lipinski definition) is 0. The first-order valence-electron chi connectivity index (χ1n) is 42.9. The molecule has 0 saturated carbocycles. The van der Waals surface area contributed by atoms with Gasteiger partial charge in [0.1, 0.15) is 0 Å². The molecule has 18 aromatic carbocycles. The Balaban J connectivity index is 0.923. The number of fused-ring (bicyclic) bond motifs is 7. The first-order chi connectivity index (χ1) is 59.8. The number of benzene rings is 18. The summed E-state index contributed by atoms with van der Waals surface area (Å²) in [6.07, 6.45) is 0. The summed E-state index contributed by atoms with van der Waals surface area (Å²) < 4.78 is 2.54. The molecule has 0 bridgehead atoms. The molecule has 0 aliphatic carbocycles. The lowest BCUT2D eigenvalue weighted by Gasteiger charge is -2.45. The third kappa shape index (κ3) is 12.8. The fourth-order valence-corrected chi connectivity index (χ4v) is 30.0. The molecule has 0 radical (unpaired) electrons. The summed E-state index contributed by atoms with van der Waals surface area (Å²) in [7, 11) is -7.01. The summed E-state index contributed by atoms with van der Waals surface area (Å²) in [5.41, 5.74) is 27.7. The zero-order valence-corrected chi connectivity index (χ0v) is 71.6. The highest BCUT2D eigenvalue weighted by atomic mass is 28.3. The third-order valence-electron chi connectivity index (χ3n) is 25.9. The van der Waals surface area contributed by atoms with E-state index in [1.165, 1.54) is 108 Å². The second-order valence-electron chi connectivity index (χ2n) is 35.1. The van der Waals surface area contributed by atoms with E-state index in [4.69, 9.17) is 0 Å². The SMILES string of the molecule is CC(C)(C)c1ccc2c(c1)B1c3cc(-c4cc([Si](c5ccccc5)(c5ccccc5)c5cccc(-c6ccccc6)c5)cc([Si](c5ccccc5)(c5ccccc5)c5cccc(-c6ccccc6)c5)c4)ccc3N(c3ccccc3-c3ccccc3)c3cc(-n4c5ccccc5c5ccccc54)cc(c31)N2c1ccc(C(C)(C)C)cc1-c1ccccc1. The maximum Gasteiger partial charge on any atom is 0.252 e. The molecule has 0 saturated heterocycles. The highest BCUT2D eigenvalue weighted by Crippen LogP contribution is 2.51. The maximum absolute atomic E-state index is 3.51. The topological polar surface area (TPSA) is 11.4 Å². The fourth-order valence-electron chi connectivity index (χ4n) is 20.2. The standard InChI is InChI=1S/C116H92BN3Si2/c1-115(2,3)89-66-69-109(103(76-89)84-45-21-10-22-46-84)120-111-70-67-90(116(4,5)6)77-105(111)117-104-75-87(65-68-110(104)119(106-62-34-31-59-100(106)83-43-19-9-20-44-83)112-78-91(79-113(120)114(112)117)118-107-63-35-32-60-101(107)102-61-33-36-64-108(102)118)88-73-98(121(92-49-23-11-24-50-92,93-51-25-12-26-52-93)96-57-37-47-85(71-96)81-39-15-7-16-40-81)80-99(74-88)122(94-53-27-13-28-54-94,95-55-29-14-30-56-95)97-58-38-48-86(72-97)82-41-17-8-18-42-82/h7-80H,1-6H3. The molecule has 0 N–H and O–H groups in total. The average molecular weight is 1600 g/mol. The second kappa shape index (κ2) is 30.6. The van der Waals surface area contributed by atoms with Gasteiger partial charge in [0.15, 0.2) is 16.1 Å². The monoisotopic (exact) mass is 1590 g/mol. The number of para-hydroxylation sites is 3. The van der Waals surface area contributed by atoms with Crippen LogP contribution in [0.4, 0.5) is 34.1 Å². The van der Waals surface area contributed by atoms with Crippen molar-refractivity contribution >= 4 is 137 Å². The van der Waals surface area contributed by atoms with E-state index in [-0.39, 0.29) is 17.5 Å². The van der Waals surface area contributed by atoms with Gasteiger partial charge in [-0.25, -0.2) is 0 Å². The molecule has 19 aromatic rings. The predicted octanol–water partition coefficient (Wildman–Crippen LogP) is 22.6. The molecule has 122 heavy (non-hydrogen) atoms. The summed E-state index contributed by atoms with van der Waals surface area (Å²) in [4.78, 5) is 5.34. The fraction of sp³-hybridized carbons (Fsp3) is 0.0690. The molecule has 0 spiro atoms. The molecule has 21 rings (SSSR count). The Labute approximate surface area is 719 Å². The van der Waals surface area contributed by atoms with E-state index < -0.39 is 16.1 Å². The van der Waals surface area contributed by atoms with E-state index in [1.54, 1.807) is 0 Å². The van der Waals surface area contributed by atoms with E-state index in [0.717, 1.165) is 78.7 Å². The quantitative estimate of drug-likeness (QED) is 0.0706. The summed E-state index contributed by atoms with van der Waals surface area (Å²) in [5, 5.41) is 12.9. The minimum atomic E-state index is -3.51. The van der Waals surface area contributed by atoms with Crippen LogP contribution < -0.4 is 67.7 Å². The Hall–Kier alpha value is -14.1. The molecule has 0 fully saturated rings. The minimum Gasteiger partial charge on any atom is -0.311 e. The molecule has 582 valence electrons. The normalized spacial score (nSPS) is 12.6. The van der Waals surface area contributed by atoms with Gasteiger partial charge in [-0.2, -0.15) is 0 Å². The minimum absolute atomic E-state index is 0.140. The van der Waals surface area contributed by atoms with Crippen LogP contribution in [-0.4, -0.2) is 27.4 Å². The molecule has 1 aromatic heterocycles. The van der Waals surface area contributed by atoms with Crippen molar-refractivity contribution in [3.05, 3.63) is 460 Å². The third-order valence-corrected chi connectivity index (χ3v) is 35.4. The Bertz CT molecular complexity index is 6820. The molecule has 3 heterocycles.